The van der Waals surface area contributed by atoms with Crippen LogP contribution in [0.2, 0.25) is 0 Å². The number of halogens is 3. The van der Waals surface area contributed by atoms with Crippen LogP contribution in [-0.2, 0) is 4.79 Å². The summed E-state index contributed by atoms with van der Waals surface area (Å²) in [5.74, 6) is -1.70. The maximum atomic E-state index is 12.3. The van der Waals surface area contributed by atoms with Gasteiger partial charge < -0.3 is 4.90 Å². The summed E-state index contributed by atoms with van der Waals surface area (Å²) >= 11 is 0. The van der Waals surface area contributed by atoms with Gasteiger partial charge in [-0.05, 0) is 19.8 Å². The molecule has 0 aliphatic carbocycles. The van der Waals surface area contributed by atoms with Gasteiger partial charge in [0.15, 0.2) is 0 Å². The van der Waals surface area contributed by atoms with Crippen molar-refractivity contribution >= 4 is 5.78 Å². The standard InChI is InChI=1S/C10H13F3N2O/c1-6-4-14-8-3-2-7(5-15(6)8)9(16)10(11,12)13/h5-6,8,14H,2-4H2,1H3/t6-,8+/m1/s1. The molecule has 0 unspecified atom stereocenters. The van der Waals surface area contributed by atoms with Crippen LogP contribution in [-0.4, -0.2) is 35.6 Å². The number of carbonyl (C=O) groups excluding carboxylic acids is 1. The van der Waals surface area contributed by atoms with Crippen molar-refractivity contribution in [2.24, 2.45) is 0 Å². The van der Waals surface area contributed by atoms with Crippen LogP contribution in [0.15, 0.2) is 11.8 Å². The number of carbonyl (C=O) groups is 1. The molecule has 0 aromatic rings. The van der Waals surface area contributed by atoms with Crippen molar-refractivity contribution in [2.75, 3.05) is 6.54 Å². The molecule has 90 valence electrons. The minimum atomic E-state index is -4.75. The van der Waals surface area contributed by atoms with Crippen molar-refractivity contribution in [3.05, 3.63) is 11.8 Å². The number of alkyl halides is 3. The third-order valence-corrected chi connectivity index (χ3v) is 3.06. The number of hydrogen-bond acceptors (Lipinski definition) is 3. The number of ketones is 1. The third kappa shape index (κ3) is 1.93. The van der Waals surface area contributed by atoms with Crippen LogP contribution in [0.3, 0.4) is 0 Å². The molecule has 2 heterocycles. The molecule has 2 atom stereocenters. The Labute approximate surface area is 91.3 Å². The molecule has 2 rings (SSSR count). The number of rotatable bonds is 1. The van der Waals surface area contributed by atoms with Crippen LogP contribution < -0.4 is 5.32 Å². The predicted molar refractivity (Wildman–Crippen MR) is 51.5 cm³/mol. The fraction of sp³-hybridized carbons (Fsp3) is 0.700. The van der Waals surface area contributed by atoms with Gasteiger partial charge in [-0.1, -0.05) is 0 Å². The quantitative estimate of drug-likeness (QED) is 0.744. The van der Waals surface area contributed by atoms with Crippen molar-refractivity contribution in [1.82, 2.24) is 10.2 Å². The molecule has 16 heavy (non-hydrogen) atoms. The van der Waals surface area contributed by atoms with Gasteiger partial charge >= 0.3 is 6.18 Å². The Kier molecular flexibility index (Phi) is 2.69. The Morgan fingerprint density at radius 3 is 2.88 bits per heavy atom. The van der Waals surface area contributed by atoms with Crippen molar-refractivity contribution in [2.45, 2.75) is 38.1 Å². The summed E-state index contributed by atoms with van der Waals surface area (Å²) in [7, 11) is 0. The van der Waals surface area contributed by atoms with Crippen molar-refractivity contribution in [1.29, 1.82) is 0 Å². The second-order valence-electron chi connectivity index (χ2n) is 4.24. The normalized spacial score (nSPS) is 30.0. The number of nitrogens with zero attached hydrogens (tertiary/aromatic N) is 1. The topological polar surface area (TPSA) is 32.3 Å². The highest BCUT2D eigenvalue weighted by molar-refractivity contribution is 5.99. The van der Waals surface area contributed by atoms with Gasteiger partial charge in [-0.25, -0.2) is 0 Å². The van der Waals surface area contributed by atoms with Crippen LogP contribution >= 0.6 is 0 Å². The van der Waals surface area contributed by atoms with Gasteiger partial charge in [0.05, 0.1) is 6.17 Å². The van der Waals surface area contributed by atoms with E-state index < -0.39 is 12.0 Å². The summed E-state index contributed by atoms with van der Waals surface area (Å²) in [5, 5.41) is 3.20. The first-order chi connectivity index (χ1) is 7.39. The highest BCUT2D eigenvalue weighted by Crippen LogP contribution is 2.30. The molecular weight excluding hydrogens is 221 g/mol. The Bertz CT molecular complexity index is 337. The second kappa shape index (κ2) is 3.76. The van der Waals surface area contributed by atoms with E-state index in [9.17, 15) is 18.0 Å². The fourth-order valence-corrected chi connectivity index (χ4v) is 2.18. The number of hydrogen-bond donors (Lipinski definition) is 1. The minimum absolute atomic E-state index is 0.0831. The number of nitrogens with one attached hydrogen (secondary N) is 1. The number of Topliss-reactive ketones (excluding diaryl/α,β-unsaturated/α-hetero) is 1. The van der Waals surface area contributed by atoms with Gasteiger partial charge in [-0.3, -0.25) is 10.1 Å². The third-order valence-electron chi connectivity index (χ3n) is 3.06. The van der Waals surface area contributed by atoms with E-state index in [2.05, 4.69) is 5.32 Å². The fourth-order valence-electron chi connectivity index (χ4n) is 2.18. The van der Waals surface area contributed by atoms with Gasteiger partial charge in [0.25, 0.3) is 5.78 Å². The van der Waals surface area contributed by atoms with E-state index >= 15 is 0 Å². The molecule has 1 N–H and O–H groups in total. The van der Waals surface area contributed by atoms with E-state index in [1.807, 2.05) is 11.8 Å². The van der Waals surface area contributed by atoms with Crippen molar-refractivity contribution in [3.63, 3.8) is 0 Å². The molecule has 3 nitrogen and oxygen atoms in total. The van der Waals surface area contributed by atoms with E-state index in [-0.39, 0.29) is 24.2 Å². The zero-order valence-electron chi connectivity index (χ0n) is 8.84. The summed E-state index contributed by atoms with van der Waals surface area (Å²) < 4.78 is 36.8. The minimum Gasteiger partial charge on any atom is -0.358 e. The Morgan fingerprint density at radius 1 is 1.56 bits per heavy atom. The number of fused-ring (bicyclic) bond motifs is 1. The summed E-state index contributed by atoms with van der Waals surface area (Å²) in [6, 6.07) is 0.140. The summed E-state index contributed by atoms with van der Waals surface area (Å²) in [6.07, 6.45) is -2.55. The monoisotopic (exact) mass is 234 g/mol. The smallest absolute Gasteiger partial charge is 0.358 e. The highest BCUT2D eigenvalue weighted by Gasteiger charge is 2.43. The first-order valence-electron chi connectivity index (χ1n) is 5.22. The first kappa shape index (κ1) is 11.4. The van der Waals surface area contributed by atoms with Gasteiger partial charge in [0.2, 0.25) is 0 Å². The second-order valence-corrected chi connectivity index (χ2v) is 4.24. The average molecular weight is 234 g/mol. The zero-order valence-corrected chi connectivity index (χ0v) is 8.84. The highest BCUT2D eigenvalue weighted by atomic mass is 19.4. The molecule has 0 spiro atoms. The molecule has 0 aromatic carbocycles. The lowest BCUT2D eigenvalue weighted by Gasteiger charge is -2.31. The van der Waals surface area contributed by atoms with Crippen LogP contribution in [0.4, 0.5) is 13.2 Å². The SMILES string of the molecule is C[C@@H]1CN[C@@H]2CCC(C(=O)C(F)(F)F)=CN12. The molecule has 0 saturated carbocycles. The van der Waals surface area contributed by atoms with E-state index in [1.165, 1.54) is 6.20 Å². The molecule has 0 radical (unpaired) electrons. The Balaban J connectivity index is 2.18. The Morgan fingerprint density at radius 2 is 2.25 bits per heavy atom. The molecule has 0 amide bonds. The van der Waals surface area contributed by atoms with Gasteiger partial charge in [-0.15, -0.1) is 0 Å². The van der Waals surface area contributed by atoms with Gasteiger partial charge in [-0.2, -0.15) is 13.2 Å². The molecule has 0 bridgehead atoms. The van der Waals surface area contributed by atoms with Crippen LogP contribution in [0.5, 0.6) is 0 Å². The molecule has 1 saturated heterocycles. The molecule has 2 aliphatic rings. The predicted octanol–water partition coefficient (Wildman–Crippen LogP) is 1.42. The maximum absolute atomic E-state index is 12.3. The lowest BCUT2D eigenvalue weighted by atomic mass is 10.0. The van der Waals surface area contributed by atoms with Crippen LogP contribution in [0.1, 0.15) is 19.8 Å². The van der Waals surface area contributed by atoms with Crippen molar-refractivity contribution in [3.8, 4) is 0 Å². The Hall–Kier alpha value is -1.04. The van der Waals surface area contributed by atoms with Crippen LogP contribution in [0.25, 0.3) is 0 Å². The largest absolute Gasteiger partial charge is 0.454 e. The zero-order chi connectivity index (χ0) is 11.9. The lowest BCUT2D eigenvalue weighted by Crippen LogP contribution is -2.39. The molecule has 6 heteroatoms. The van der Waals surface area contributed by atoms with E-state index in [1.54, 1.807) is 0 Å². The molecular formula is C10H13F3N2O. The molecule has 0 aromatic heterocycles. The van der Waals surface area contributed by atoms with Gasteiger partial charge in [0.1, 0.15) is 0 Å². The van der Waals surface area contributed by atoms with Crippen LogP contribution in [0, 0.1) is 0 Å². The van der Waals surface area contributed by atoms with Gasteiger partial charge in [0, 0.05) is 24.4 Å². The lowest BCUT2D eigenvalue weighted by molar-refractivity contribution is -0.167. The first-order valence-corrected chi connectivity index (χ1v) is 5.22. The summed E-state index contributed by atoms with van der Waals surface area (Å²) in [6.45, 7) is 2.67. The van der Waals surface area contributed by atoms with E-state index in [0.717, 1.165) is 6.54 Å². The molecule has 2 aliphatic heterocycles. The average Bonchev–Trinajstić information content (AvgIpc) is 2.58. The van der Waals surface area contributed by atoms with E-state index in [0.29, 0.717) is 6.42 Å². The van der Waals surface area contributed by atoms with E-state index in [4.69, 9.17) is 0 Å². The number of allylic oxidation sites excluding steroid dienone is 1. The summed E-state index contributed by atoms with van der Waals surface area (Å²) in [5.41, 5.74) is -0.126. The molecule has 1 fully saturated rings. The summed E-state index contributed by atoms with van der Waals surface area (Å²) in [4.78, 5) is 12.9. The van der Waals surface area contributed by atoms with Crippen molar-refractivity contribution < 1.29 is 18.0 Å². The maximum Gasteiger partial charge on any atom is 0.454 e.